The normalized spacial score (nSPS) is 11.4. The SMILES string of the molecule is Cc1ccccc1NS(=O)(=O)c1ccc(C(=O)Nc2ccc(-c3cn4ccsc4n3)cc2)cc1. The third-order valence-corrected chi connectivity index (χ3v) is 7.50. The molecule has 0 fully saturated rings. The molecule has 7 nitrogen and oxygen atoms in total. The lowest BCUT2D eigenvalue weighted by atomic mass is 10.1. The molecule has 3 aromatic carbocycles. The van der Waals surface area contributed by atoms with Crippen molar-refractivity contribution in [2.45, 2.75) is 11.8 Å². The van der Waals surface area contributed by atoms with Crippen molar-refractivity contribution in [2.24, 2.45) is 0 Å². The first kappa shape index (κ1) is 21.9. The van der Waals surface area contributed by atoms with E-state index in [0.29, 0.717) is 16.9 Å². The summed E-state index contributed by atoms with van der Waals surface area (Å²) >= 11 is 1.57. The molecule has 0 aliphatic rings. The molecule has 2 N–H and O–H groups in total. The Labute approximate surface area is 200 Å². The second kappa shape index (κ2) is 8.77. The van der Waals surface area contributed by atoms with E-state index >= 15 is 0 Å². The number of aromatic nitrogens is 2. The van der Waals surface area contributed by atoms with Gasteiger partial charge in [-0.3, -0.25) is 13.9 Å². The number of nitrogens with zero attached hydrogens (tertiary/aromatic N) is 2. The quantitative estimate of drug-likeness (QED) is 0.334. The number of hydrogen-bond acceptors (Lipinski definition) is 5. The number of thiazole rings is 1. The van der Waals surface area contributed by atoms with E-state index in [0.717, 1.165) is 21.8 Å². The van der Waals surface area contributed by atoms with Gasteiger partial charge in [0, 0.05) is 34.6 Å². The lowest BCUT2D eigenvalue weighted by Gasteiger charge is -2.11. The number of benzene rings is 3. The minimum Gasteiger partial charge on any atom is -0.322 e. The molecule has 0 aliphatic carbocycles. The van der Waals surface area contributed by atoms with E-state index in [4.69, 9.17) is 0 Å². The number of hydrogen-bond donors (Lipinski definition) is 2. The van der Waals surface area contributed by atoms with Crippen LogP contribution in [0.5, 0.6) is 0 Å². The van der Waals surface area contributed by atoms with E-state index < -0.39 is 10.0 Å². The monoisotopic (exact) mass is 488 g/mol. The Morgan fingerprint density at radius 3 is 2.41 bits per heavy atom. The van der Waals surface area contributed by atoms with Gasteiger partial charge in [-0.2, -0.15) is 0 Å². The Hall–Kier alpha value is -3.95. The van der Waals surface area contributed by atoms with Crippen LogP contribution in [-0.4, -0.2) is 23.7 Å². The van der Waals surface area contributed by atoms with E-state index in [2.05, 4.69) is 15.0 Å². The van der Waals surface area contributed by atoms with Crippen LogP contribution in [0.1, 0.15) is 15.9 Å². The fraction of sp³-hybridized carbons (Fsp3) is 0.0400. The van der Waals surface area contributed by atoms with Crippen LogP contribution in [-0.2, 0) is 10.0 Å². The van der Waals surface area contributed by atoms with Crippen LogP contribution in [0.2, 0.25) is 0 Å². The van der Waals surface area contributed by atoms with Gasteiger partial charge in [0.05, 0.1) is 16.3 Å². The zero-order valence-electron chi connectivity index (χ0n) is 18.1. The Balaban J connectivity index is 1.27. The number of carbonyl (C=O) groups excluding carboxylic acids is 1. The van der Waals surface area contributed by atoms with E-state index in [-0.39, 0.29) is 10.8 Å². The molecule has 0 atom stereocenters. The predicted molar refractivity (Wildman–Crippen MR) is 135 cm³/mol. The van der Waals surface area contributed by atoms with Gasteiger partial charge in [-0.15, -0.1) is 11.3 Å². The molecular formula is C25H20N4O3S2. The van der Waals surface area contributed by atoms with Crippen LogP contribution in [0.15, 0.2) is 95.5 Å². The summed E-state index contributed by atoms with van der Waals surface area (Å²) in [5.41, 5.74) is 4.13. The zero-order valence-corrected chi connectivity index (χ0v) is 19.7. The maximum absolute atomic E-state index is 12.7. The molecule has 2 aromatic heterocycles. The molecule has 0 bridgehead atoms. The number of imidazole rings is 1. The van der Waals surface area contributed by atoms with Crippen molar-refractivity contribution in [3.63, 3.8) is 0 Å². The first-order valence-electron chi connectivity index (χ1n) is 10.4. The summed E-state index contributed by atoms with van der Waals surface area (Å²) in [6.07, 6.45) is 3.92. The molecule has 0 unspecified atom stereocenters. The molecule has 5 rings (SSSR count). The fourth-order valence-corrected chi connectivity index (χ4v) is 5.30. The third kappa shape index (κ3) is 4.43. The molecule has 5 aromatic rings. The summed E-state index contributed by atoms with van der Waals surface area (Å²) in [6, 6.07) is 20.4. The van der Waals surface area contributed by atoms with Gasteiger partial charge in [-0.25, -0.2) is 13.4 Å². The molecule has 0 saturated carbocycles. The van der Waals surface area contributed by atoms with Crippen molar-refractivity contribution in [2.75, 3.05) is 10.0 Å². The van der Waals surface area contributed by atoms with Crippen molar-refractivity contribution in [1.82, 2.24) is 9.38 Å². The minimum absolute atomic E-state index is 0.0802. The number of nitrogens with one attached hydrogen (secondary N) is 2. The summed E-state index contributed by atoms with van der Waals surface area (Å²) in [4.78, 5) is 18.2. The molecule has 0 saturated heterocycles. The minimum atomic E-state index is -3.76. The van der Waals surface area contributed by atoms with Crippen LogP contribution >= 0.6 is 11.3 Å². The van der Waals surface area contributed by atoms with Gasteiger partial charge in [0.15, 0.2) is 4.96 Å². The Morgan fingerprint density at radius 1 is 0.971 bits per heavy atom. The number of carbonyl (C=O) groups is 1. The van der Waals surface area contributed by atoms with Gasteiger partial charge in [-0.1, -0.05) is 30.3 Å². The molecule has 34 heavy (non-hydrogen) atoms. The molecule has 9 heteroatoms. The van der Waals surface area contributed by atoms with E-state index in [1.54, 1.807) is 23.5 Å². The van der Waals surface area contributed by atoms with Gasteiger partial charge in [-0.05, 0) is 55.0 Å². The van der Waals surface area contributed by atoms with Crippen molar-refractivity contribution in [3.8, 4) is 11.3 Å². The number of fused-ring (bicyclic) bond motifs is 1. The molecule has 2 heterocycles. The second-order valence-electron chi connectivity index (χ2n) is 7.70. The standard InChI is InChI=1S/C25H20N4O3S2/c1-17-4-2-3-5-22(17)28-34(31,32)21-12-8-19(9-13-21)24(30)26-20-10-6-18(7-11-20)23-16-29-14-15-33-25(29)27-23/h2-16,28H,1H3,(H,26,30). The topological polar surface area (TPSA) is 92.6 Å². The van der Waals surface area contributed by atoms with Gasteiger partial charge in [0.1, 0.15) is 0 Å². The Kier molecular flexibility index (Phi) is 5.64. The fourth-order valence-electron chi connectivity index (χ4n) is 3.47. The first-order chi connectivity index (χ1) is 16.4. The van der Waals surface area contributed by atoms with E-state index in [9.17, 15) is 13.2 Å². The summed E-state index contributed by atoms with van der Waals surface area (Å²) in [5, 5.41) is 4.82. The average molecular weight is 489 g/mol. The lowest BCUT2D eigenvalue weighted by molar-refractivity contribution is 0.102. The van der Waals surface area contributed by atoms with Crippen LogP contribution in [0.3, 0.4) is 0 Å². The summed E-state index contributed by atoms with van der Waals surface area (Å²) < 4.78 is 29.9. The van der Waals surface area contributed by atoms with Gasteiger partial charge < -0.3 is 5.32 Å². The van der Waals surface area contributed by atoms with Crippen LogP contribution in [0.4, 0.5) is 11.4 Å². The van der Waals surface area contributed by atoms with Gasteiger partial charge >= 0.3 is 0 Å². The Morgan fingerprint density at radius 2 is 1.71 bits per heavy atom. The second-order valence-corrected chi connectivity index (χ2v) is 10.3. The predicted octanol–water partition coefficient (Wildman–Crippen LogP) is 5.42. The molecule has 0 radical (unpaired) electrons. The molecule has 1 amide bonds. The highest BCUT2D eigenvalue weighted by Crippen LogP contribution is 2.24. The van der Waals surface area contributed by atoms with Crippen LogP contribution < -0.4 is 10.0 Å². The highest BCUT2D eigenvalue weighted by molar-refractivity contribution is 7.92. The van der Waals surface area contributed by atoms with Gasteiger partial charge in [0.2, 0.25) is 0 Å². The van der Waals surface area contributed by atoms with Crippen molar-refractivity contribution < 1.29 is 13.2 Å². The molecule has 0 aliphatic heterocycles. The average Bonchev–Trinajstić information content (AvgIpc) is 3.44. The number of sulfonamides is 1. The summed E-state index contributed by atoms with van der Waals surface area (Å²) in [7, 11) is -3.76. The zero-order chi connectivity index (χ0) is 23.7. The Bertz CT molecular complexity index is 1560. The summed E-state index contributed by atoms with van der Waals surface area (Å²) in [6.45, 7) is 1.83. The van der Waals surface area contributed by atoms with Crippen molar-refractivity contribution >= 4 is 43.6 Å². The van der Waals surface area contributed by atoms with E-state index in [1.165, 1.54) is 24.3 Å². The largest absolute Gasteiger partial charge is 0.322 e. The van der Waals surface area contributed by atoms with E-state index in [1.807, 2.05) is 65.5 Å². The number of rotatable bonds is 6. The van der Waals surface area contributed by atoms with Crippen molar-refractivity contribution in [3.05, 3.63) is 102 Å². The highest BCUT2D eigenvalue weighted by atomic mass is 32.2. The number of anilines is 2. The number of para-hydroxylation sites is 1. The summed E-state index contributed by atoms with van der Waals surface area (Å²) in [5.74, 6) is -0.328. The number of amides is 1. The number of aryl methyl sites for hydroxylation is 1. The van der Waals surface area contributed by atoms with Gasteiger partial charge in [0.25, 0.3) is 15.9 Å². The maximum atomic E-state index is 12.7. The van der Waals surface area contributed by atoms with Crippen molar-refractivity contribution in [1.29, 1.82) is 0 Å². The first-order valence-corrected chi connectivity index (χ1v) is 12.8. The smallest absolute Gasteiger partial charge is 0.261 e. The third-order valence-electron chi connectivity index (χ3n) is 5.35. The maximum Gasteiger partial charge on any atom is 0.261 e. The van der Waals surface area contributed by atoms with Crippen LogP contribution in [0.25, 0.3) is 16.2 Å². The lowest BCUT2D eigenvalue weighted by Crippen LogP contribution is -2.15. The molecular weight excluding hydrogens is 468 g/mol. The highest BCUT2D eigenvalue weighted by Gasteiger charge is 2.16. The molecule has 0 spiro atoms. The van der Waals surface area contributed by atoms with Crippen LogP contribution in [0, 0.1) is 6.92 Å². The molecule has 170 valence electrons.